The predicted molar refractivity (Wildman–Crippen MR) is 89.3 cm³/mol. The van der Waals surface area contributed by atoms with Crippen LogP contribution in [0.5, 0.6) is 0 Å². The maximum absolute atomic E-state index is 13.2. The van der Waals surface area contributed by atoms with Gasteiger partial charge in [-0.15, -0.1) is 0 Å². The zero-order valence-electron chi connectivity index (χ0n) is 13.7. The lowest BCUT2D eigenvalue weighted by Crippen LogP contribution is -2.27. The van der Waals surface area contributed by atoms with E-state index in [1.165, 1.54) is 12.1 Å². The second kappa shape index (κ2) is 6.95. The number of rotatable bonds is 4. The molecular weight excluding hydrogens is 347 g/mol. The van der Waals surface area contributed by atoms with E-state index < -0.39 is 24.5 Å². The molecule has 0 fully saturated rings. The van der Waals surface area contributed by atoms with Gasteiger partial charge in [-0.2, -0.15) is 18.3 Å². The Bertz CT molecular complexity index is 963. The van der Waals surface area contributed by atoms with E-state index in [1.807, 2.05) is 0 Å². The quantitative estimate of drug-likeness (QED) is 0.574. The lowest BCUT2D eigenvalue weighted by molar-refractivity contribution is -0.147. The Labute approximate surface area is 146 Å². The number of nitrogens with zero attached hydrogens (tertiary/aromatic N) is 4. The van der Waals surface area contributed by atoms with Crippen molar-refractivity contribution in [3.8, 4) is 0 Å². The maximum Gasteiger partial charge on any atom is 0.449 e. The molecule has 6 nitrogen and oxygen atoms in total. The molecule has 0 aliphatic rings. The number of hydrazone groups is 1. The Morgan fingerprint density at radius 1 is 1.23 bits per heavy atom. The average molecular weight is 361 g/mol. The van der Waals surface area contributed by atoms with Gasteiger partial charge in [-0.3, -0.25) is 9.78 Å². The van der Waals surface area contributed by atoms with Crippen molar-refractivity contribution in [2.45, 2.75) is 19.6 Å². The van der Waals surface area contributed by atoms with Gasteiger partial charge in [-0.25, -0.2) is 10.4 Å². The minimum absolute atomic E-state index is 0.169. The summed E-state index contributed by atoms with van der Waals surface area (Å²) in [6.45, 7) is 1.10. The molecule has 0 saturated heterocycles. The third-order valence-electron chi connectivity index (χ3n) is 3.64. The van der Waals surface area contributed by atoms with Gasteiger partial charge in [0.25, 0.3) is 5.91 Å². The van der Waals surface area contributed by atoms with E-state index in [9.17, 15) is 18.0 Å². The predicted octanol–water partition coefficient (Wildman–Crippen LogP) is 2.99. The highest BCUT2D eigenvalue weighted by Gasteiger charge is 2.37. The number of hydrogen-bond acceptors (Lipinski definition) is 4. The van der Waals surface area contributed by atoms with E-state index >= 15 is 0 Å². The Kier molecular flexibility index (Phi) is 4.70. The van der Waals surface area contributed by atoms with E-state index in [0.29, 0.717) is 11.3 Å². The van der Waals surface area contributed by atoms with Crippen LogP contribution in [0.3, 0.4) is 0 Å². The molecule has 0 radical (unpaired) electrons. The first-order valence-corrected chi connectivity index (χ1v) is 7.62. The number of hydrogen-bond donors (Lipinski definition) is 1. The van der Waals surface area contributed by atoms with Crippen molar-refractivity contribution in [3.63, 3.8) is 0 Å². The number of benzene rings is 1. The van der Waals surface area contributed by atoms with Crippen LogP contribution in [0, 0.1) is 0 Å². The van der Waals surface area contributed by atoms with Gasteiger partial charge in [0, 0.05) is 18.0 Å². The Hall–Kier alpha value is -3.23. The fraction of sp³-hybridized carbons (Fsp3) is 0.176. The first kappa shape index (κ1) is 17.6. The molecule has 0 aliphatic carbocycles. The SMILES string of the molecule is C/C(=N\NC(=O)Cn1c(C(F)(F)F)nc2ccccc21)c1cccnc1. The maximum atomic E-state index is 13.2. The van der Waals surface area contributed by atoms with Crippen LogP contribution in [-0.4, -0.2) is 26.2 Å². The summed E-state index contributed by atoms with van der Waals surface area (Å²) in [7, 11) is 0. The van der Waals surface area contributed by atoms with Crippen molar-refractivity contribution in [3.05, 3.63) is 60.2 Å². The molecular formula is C17H14F3N5O. The molecule has 0 unspecified atom stereocenters. The highest BCUT2D eigenvalue weighted by Crippen LogP contribution is 2.31. The van der Waals surface area contributed by atoms with E-state index in [-0.39, 0.29) is 11.0 Å². The van der Waals surface area contributed by atoms with Crippen molar-refractivity contribution in [1.82, 2.24) is 20.0 Å². The zero-order valence-corrected chi connectivity index (χ0v) is 13.7. The van der Waals surface area contributed by atoms with Gasteiger partial charge >= 0.3 is 6.18 Å². The zero-order chi connectivity index (χ0) is 18.7. The first-order chi connectivity index (χ1) is 12.4. The van der Waals surface area contributed by atoms with Crippen molar-refractivity contribution in [2.24, 2.45) is 5.10 Å². The van der Waals surface area contributed by atoms with Crippen LogP contribution < -0.4 is 5.43 Å². The standard InChI is InChI=1S/C17H14F3N5O/c1-11(12-5-4-8-21-9-12)23-24-15(26)10-25-14-7-3-2-6-13(14)22-16(25)17(18,19)20/h2-9H,10H2,1H3,(H,24,26)/b23-11+. The third-order valence-corrected chi connectivity index (χ3v) is 3.64. The summed E-state index contributed by atoms with van der Waals surface area (Å²) in [6, 6.07) is 9.58. The molecule has 2 heterocycles. The number of carbonyl (C=O) groups excluding carboxylic acids is 1. The molecule has 1 amide bonds. The number of carbonyl (C=O) groups is 1. The highest BCUT2D eigenvalue weighted by molar-refractivity contribution is 5.98. The van der Waals surface area contributed by atoms with Crippen LogP contribution >= 0.6 is 0 Å². The van der Waals surface area contributed by atoms with Crippen molar-refractivity contribution in [2.75, 3.05) is 0 Å². The van der Waals surface area contributed by atoms with E-state index in [4.69, 9.17) is 0 Å². The van der Waals surface area contributed by atoms with Gasteiger partial charge in [-0.1, -0.05) is 18.2 Å². The van der Waals surface area contributed by atoms with Crippen LogP contribution in [0.1, 0.15) is 18.3 Å². The van der Waals surface area contributed by atoms with Crippen LogP contribution in [0.2, 0.25) is 0 Å². The molecule has 26 heavy (non-hydrogen) atoms. The number of imidazole rings is 1. The summed E-state index contributed by atoms with van der Waals surface area (Å²) in [5.74, 6) is -1.82. The molecule has 3 aromatic rings. The molecule has 0 spiro atoms. The number of amides is 1. The second-order valence-electron chi connectivity index (χ2n) is 5.48. The summed E-state index contributed by atoms with van der Waals surface area (Å²) in [4.78, 5) is 19.6. The number of halogens is 3. The van der Waals surface area contributed by atoms with Crippen molar-refractivity contribution < 1.29 is 18.0 Å². The van der Waals surface area contributed by atoms with Gasteiger partial charge < -0.3 is 4.57 Å². The molecule has 1 N–H and O–H groups in total. The van der Waals surface area contributed by atoms with E-state index in [2.05, 4.69) is 20.5 Å². The fourth-order valence-corrected chi connectivity index (χ4v) is 2.42. The van der Waals surface area contributed by atoms with E-state index in [0.717, 1.165) is 4.57 Å². The molecule has 2 aromatic heterocycles. The molecule has 0 aliphatic heterocycles. The molecule has 134 valence electrons. The number of fused-ring (bicyclic) bond motifs is 1. The minimum Gasteiger partial charge on any atom is -0.311 e. The summed E-state index contributed by atoms with van der Waals surface area (Å²) < 4.78 is 40.5. The van der Waals surface area contributed by atoms with Gasteiger partial charge in [0.1, 0.15) is 6.54 Å². The molecule has 0 bridgehead atoms. The van der Waals surface area contributed by atoms with Crippen LogP contribution in [0.25, 0.3) is 11.0 Å². The number of alkyl halides is 3. The number of pyridine rings is 1. The van der Waals surface area contributed by atoms with E-state index in [1.54, 1.807) is 43.6 Å². The normalized spacial score (nSPS) is 12.4. The molecule has 3 rings (SSSR count). The Balaban J connectivity index is 1.83. The van der Waals surface area contributed by atoms with Gasteiger partial charge in [-0.05, 0) is 25.1 Å². The highest BCUT2D eigenvalue weighted by atomic mass is 19.4. The van der Waals surface area contributed by atoms with Gasteiger partial charge in [0.2, 0.25) is 5.82 Å². The lowest BCUT2D eigenvalue weighted by atomic mass is 10.2. The van der Waals surface area contributed by atoms with Crippen LogP contribution in [0.4, 0.5) is 13.2 Å². The largest absolute Gasteiger partial charge is 0.449 e. The van der Waals surface area contributed by atoms with Crippen molar-refractivity contribution >= 4 is 22.7 Å². The summed E-state index contributed by atoms with van der Waals surface area (Å²) in [6.07, 6.45) is -1.51. The number of nitrogens with one attached hydrogen (secondary N) is 1. The fourth-order valence-electron chi connectivity index (χ4n) is 2.42. The summed E-state index contributed by atoms with van der Waals surface area (Å²) >= 11 is 0. The van der Waals surface area contributed by atoms with Crippen molar-refractivity contribution in [1.29, 1.82) is 0 Å². The van der Waals surface area contributed by atoms with Crippen LogP contribution in [0.15, 0.2) is 53.9 Å². The summed E-state index contributed by atoms with van der Waals surface area (Å²) in [5, 5.41) is 3.91. The molecule has 9 heteroatoms. The number of aromatic nitrogens is 3. The average Bonchev–Trinajstić information content (AvgIpc) is 2.99. The lowest BCUT2D eigenvalue weighted by Gasteiger charge is -2.10. The minimum atomic E-state index is -4.67. The topological polar surface area (TPSA) is 72.2 Å². The second-order valence-corrected chi connectivity index (χ2v) is 5.48. The van der Waals surface area contributed by atoms with Crippen LogP contribution in [-0.2, 0) is 17.5 Å². The smallest absolute Gasteiger partial charge is 0.311 e. The van der Waals surface area contributed by atoms with Gasteiger partial charge in [0.05, 0.1) is 16.7 Å². The van der Waals surface area contributed by atoms with Gasteiger partial charge in [0.15, 0.2) is 0 Å². The molecule has 0 saturated carbocycles. The monoisotopic (exact) mass is 361 g/mol. The Morgan fingerprint density at radius 2 is 2.00 bits per heavy atom. The Morgan fingerprint density at radius 3 is 2.69 bits per heavy atom. The number of para-hydroxylation sites is 2. The summed E-state index contributed by atoms with van der Waals surface area (Å²) in [5.41, 5.74) is 3.84. The first-order valence-electron chi connectivity index (χ1n) is 7.62. The molecule has 0 atom stereocenters. The third kappa shape index (κ3) is 3.71. The molecule has 1 aromatic carbocycles.